The van der Waals surface area contributed by atoms with E-state index in [2.05, 4.69) is 77.7 Å². The Balaban J connectivity index is 0.000000882. The number of rotatable bonds is 3. The molecule has 110 valence electrons. The summed E-state index contributed by atoms with van der Waals surface area (Å²) in [4.78, 5) is 0. The van der Waals surface area contributed by atoms with Gasteiger partial charge in [0.05, 0.1) is 0 Å². The van der Waals surface area contributed by atoms with Crippen LogP contribution >= 0.6 is 0 Å². The van der Waals surface area contributed by atoms with Gasteiger partial charge in [-0.05, 0) is 0 Å². The third-order valence-electron chi connectivity index (χ3n) is 3.91. The fraction of sp³-hybridized carbons (Fsp3) is 0.111. The molecule has 22 heavy (non-hydrogen) atoms. The first-order valence-corrected chi connectivity index (χ1v) is 8.66. The predicted octanol–water partition coefficient (Wildman–Crippen LogP) is -1.52. The number of aromatic nitrogens is 1. The molecule has 4 heteroatoms. The molecule has 1 nitrogen and oxygen atoms in total. The molecule has 0 radical (unpaired) electrons. The van der Waals surface area contributed by atoms with Crippen molar-refractivity contribution in [1.29, 1.82) is 0 Å². The van der Waals surface area contributed by atoms with Crippen LogP contribution in [-0.4, -0.2) is 4.57 Å². The van der Waals surface area contributed by atoms with Crippen LogP contribution in [0, 0.1) is 0 Å². The molecule has 4 rings (SSSR count). The van der Waals surface area contributed by atoms with E-state index in [1.165, 1.54) is 16.8 Å². The molecule has 2 aliphatic carbocycles. The Labute approximate surface area is 152 Å². The maximum atomic E-state index is 2.37. The van der Waals surface area contributed by atoms with E-state index >= 15 is 0 Å². The van der Waals surface area contributed by atoms with Crippen molar-refractivity contribution in [3.63, 3.8) is 0 Å². The summed E-state index contributed by atoms with van der Waals surface area (Å²) in [6.07, 6.45) is 14.7. The summed E-state index contributed by atoms with van der Waals surface area (Å²) in [6.45, 7) is 0. The van der Waals surface area contributed by atoms with Crippen molar-refractivity contribution >= 4 is 11.8 Å². The van der Waals surface area contributed by atoms with E-state index in [-0.39, 0.29) is 44.0 Å². The van der Waals surface area contributed by atoms with Crippen LogP contribution in [0.5, 0.6) is 0 Å². The van der Waals surface area contributed by atoms with Gasteiger partial charge < -0.3 is 24.8 Å². The molecule has 1 unspecified atom stereocenters. The fourth-order valence-corrected chi connectivity index (χ4v) is 5.42. The first-order chi connectivity index (χ1) is 9.92. The van der Waals surface area contributed by atoms with E-state index in [9.17, 15) is 0 Å². The monoisotopic (exact) mass is 363 g/mol. The largest absolute Gasteiger partial charge is 1.00 e. The van der Waals surface area contributed by atoms with Crippen LogP contribution in [0.3, 0.4) is 0 Å². The van der Waals surface area contributed by atoms with Crippen molar-refractivity contribution in [1.82, 2.24) is 4.57 Å². The molecule has 1 heterocycles. The van der Waals surface area contributed by atoms with Crippen molar-refractivity contribution in [2.24, 2.45) is 0 Å². The van der Waals surface area contributed by atoms with Gasteiger partial charge in [0.2, 0.25) is 0 Å². The SMILES string of the molecule is C1=CC[C]([Ti+2][CH]2C(n3cccc3)=Cc3ccccc32)=C1.[Cl-].[Cl-]. The van der Waals surface area contributed by atoms with Gasteiger partial charge in [-0.2, -0.15) is 0 Å². The van der Waals surface area contributed by atoms with Gasteiger partial charge in [-0.15, -0.1) is 0 Å². The minimum atomic E-state index is -0.162. The second-order valence-electron chi connectivity index (χ2n) is 5.19. The molecule has 0 spiro atoms. The van der Waals surface area contributed by atoms with Crippen LogP contribution in [0.2, 0.25) is 0 Å². The van der Waals surface area contributed by atoms with Crippen molar-refractivity contribution in [2.45, 2.75) is 10.6 Å². The number of halogens is 2. The zero-order chi connectivity index (χ0) is 13.4. The maximum Gasteiger partial charge on any atom is -1.00 e. The first kappa shape index (κ1) is 17.4. The van der Waals surface area contributed by atoms with E-state index in [0.29, 0.717) is 4.22 Å². The van der Waals surface area contributed by atoms with E-state index in [1.807, 2.05) is 0 Å². The Morgan fingerprint density at radius 1 is 1.00 bits per heavy atom. The number of fused-ring (bicyclic) bond motifs is 1. The number of allylic oxidation sites excluding steroid dienone is 5. The van der Waals surface area contributed by atoms with Gasteiger partial charge in [0.25, 0.3) is 0 Å². The molecule has 0 N–H and O–H groups in total. The fourth-order valence-electron chi connectivity index (χ4n) is 2.93. The summed E-state index contributed by atoms with van der Waals surface area (Å²) in [5.74, 6) is 0. The van der Waals surface area contributed by atoms with E-state index < -0.39 is 0 Å². The van der Waals surface area contributed by atoms with Gasteiger partial charge in [0.1, 0.15) is 0 Å². The molecular formula is C18H15Cl2NTi. The van der Waals surface area contributed by atoms with Crippen LogP contribution in [0.15, 0.2) is 70.9 Å². The van der Waals surface area contributed by atoms with Crippen LogP contribution in [0.4, 0.5) is 0 Å². The average Bonchev–Trinajstić information content (AvgIpc) is 3.19. The standard InChI is InChI=1S/C13H10N.C5H5.2ClH.Ti/c1-2-6-12-10-13(9-11(12)5-1)14-7-3-4-8-14;1-2-4-5-3-1;;;/h1-10H;1-3H,4H2;2*1H;/q;;;;+2/p-2. The van der Waals surface area contributed by atoms with Gasteiger partial charge in [0.15, 0.2) is 0 Å². The van der Waals surface area contributed by atoms with Gasteiger partial charge in [-0.3, -0.25) is 0 Å². The van der Waals surface area contributed by atoms with Gasteiger partial charge in [-0.1, -0.05) is 0 Å². The Morgan fingerprint density at radius 3 is 2.50 bits per heavy atom. The van der Waals surface area contributed by atoms with E-state index in [0.717, 1.165) is 6.42 Å². The van der Waals surface area contributed by atoms with E-state index in [4.69, 9.17) is 0 Å². The molecule has 2 aromatic rings. The predicted molar refractivity (Wildman–Crippen MR) is 79.6 cm³/mol. The number of hydrogen-bond donors (Lipinski definition) is 0. The van der Waals surface area contributed by atoms with Gasteiger partial charge >= 0.3 is 128 Å². The Hall–Kier alpha value is -0.986. The number of nitrogens with zero attached hydrogens (tertiary/aromatic N) is 1. The smallest absolute Gasteiger partial charge is 1.00 e. The number of hydrogen-bond acceptors (Lipinski definition) is 0. The molecular weight excluding hydrogens is 349 g/mol. The quantitative estimate of drug-likeness (QED) is 0.583. The molecule has 1 aromatic heterocycles. The first-order valence-electron chi connectivity index (χ1n) is 6.98. The summed E-state index contributed by atoms with van der Waals surface area (Å²) in [7, 11) is 0. The Morgan fingerprint density at radius 2 is 1.77 bits per heavy atom. The van der Waals surface area contributed by atoms with Crippen molar-refractivity contribution in [3.8, 4) is 0 Å². The third kappa shape index (κ3) is 3.19. The van der Waals surface area contributed by atoms with Crippen LogP contribution in [0.25, 0.3) is 11.8 Å². The van der Waals surface area contributed by atoms with Crippen LogP contribution in [0.1, 0.15) is 21.8 Å². The Kier molecular flexibility index (Phi) is 5.94. The molecule has 0 saturated carbocycles. The van der Waals surface area contributed by atoms with Crippen LogP contribution in [-0.2, 0) is 19.2 Å². The summed E-state index contributed by atoms with van der Waals surface area (Å²) >= 11 is -0.162. The minimum absolute atomic E-state index is 0. The van der Waals surface area contributed by atoms with Gasteiger partial charge in [0, 0.05) is 0 Å². The van der Waals surface area contributed by atoms with Crippen molar-refractivity contribution in [2.75, 3.05) is 0 Å². The summed E-state index contributed by atoms with van der Waals surface area (Å²) in [6, 6.07) is 13.1. The van der Waals surface area contributed by atoms with Crippen LogP contribution < -0.4 is 24.8 Å². The number of benzene rings is 1. The third-order valence-corrected chi connectivity index (χ3v) is 6.47. The topological polar surface area (TPSA) is 4.93 Å². The summed E-state index contributed by atoms with van der Waals surface area (Å²) in [5.41, 5.74) is 4.37. The molecule has 0 fully saturated rings. The maximum absolute atomic E-state index is 2.37. The molecule has 1 aromatic carbocycles. The van der Waals surface area contributed by atoms with E-state index in [1.54, 1.807) is 3.88 Å². The zero-order valence-electron chi connectivity index (χ0n) is 11.9. The normalized spacial score (nSPS) is 17.7. The Bertz CT molecular complexity index is 729. The second kappa shape index (κ2) is 7.52. The van der Waals surface area contributed by atoms with Gasteiger partial charge in [-0.25, -0.2) is 0 Å². The molecule has 0 bridgehead atoms. The molecule has 0 saturated heterocycles. The minimum Gasteiger partial charge on any atom is -1.00 e. The molecule has 2 aliphatic rings. The molecule has 1 atom stereocenters. The second-order valence-corrected chi connectivity index (χ2v) is 7.55. The average molecular weight is 364 g/mol. The van der Waals surface area contributed by atoms with Crippen molar-refractivity contribution in [3.05, 3.63) is 82.0 Å². The zero-order valence-corrected chi connectivity index (χ0v) is 15.0. The van der Waals surface area contributed by atoms with Crippen molar-refractivity contribution < 1.29 is 44.0 Å². The molecule has 0 aliphatic heterocycles. The molecule has 0 amide bonds. The summed E-state index contributed by atoms with van der Waals surface area (Å²) in [5, 5.41) is 0. The summed E-state index contributed by atoms with van der Waals surface area (Å²) < 4.78 is 4.55.